The molecule has 1 N–H and O–H groups in total. The van der Waals surface area contributed by atoms with Crippen LogP contribution >= 0.6 is 34.5 Å². The van der Waals surface area contributed by atoms with Gasteiger partial charge in [-0.05, 0) is 24.6 Å². The third-order valence-corrected chi connectivity index (χ3v) is 5.75. The normalized spacial score (nSPS) is 15.4. The van der Waals surface area contributed by atoms with E-state index in [9.17, 15) is 4.79 Å². The molecular formula is C16H19Cl2N5OS. The van der Waals surface area contributed by atoms with Gasteiger partial charge in [-0.25, -0.2) is 0 Å². The molecule has 0 saturated carbocycles. The van der Waals surface area contributed by atoms with Crippen molar-refractivity contribution in [2.75, 3.05) is 42.9 Å². The zero-order valence-corrected chi connectivity index (χ0v) is 16.2. The van der Waals surface area contributed by atoms with E-state index in [0.29, 0.717) is 21.7 Å². The van der Waals surface area contributed by atoms with Crippen LogP contribution in [0.25, 0.3) is 0 Å². The second-order valence-electron chi connectivity index (χ2n) is 5.76. The van der Waals surface area contributed by atoms with Crippen molar-refractivity contribution in [1.82, 2.24) is 15.1 Å². The number of aromatic nitrogens is 2. The molecule has 0 bridgehead atoms. The Hall–Kier alpha value is -1.41. The number of hydrogen-bond donors (Lipinski definition) is 1. The molecule has 0 spiro atoms. The highest BCUT2D eigenvalue weighted by molar-refractivity contribution is 7.15. The zero-order chi connectivity index (χ0) is 17.8. The van der Waals surface area contributed by atoms with Crippen molar-refractivity contribution in [3.05, 3.63) is 33.3 Å². The minimum atomic E-state index is -0.0539. The first-order chi connectivity index (χ1) is 12.0. The fourth-order valence-corrected chi connectivity index (χ4v) is 3.64. The van der Waals surface area contributed by atoms with Crippen molar-refractivity contribution in [2.24, 2.45) is 0 Å². The Morgan fingerprint density at radius 3 is 2.60 bits per heavy atom. The number of rotatable bonds is 5. The summed E-state index contributed by atoms with van der Waals surface area (Å²) in [5.41, 5.74) is 1.06. The molecule has 6 nitrogen and oxygen atoms in total. The third kappa shape index (κ3) is 4.82. The average molecular weight is 400 g/mol. The molecule has 25 heavy (non-hydrogen) atoms. The highest BCUT2D eigenvalue weighted by Gasteiger charge is 2.20. The number of aryl methyl sites for hydroxylation is 1. The maximum atomic E-state index is 12.2. The fourth-order valence-electron chi connectivity index (χ4n) is 2.65. The molecule has 0 aliphatic carbocycles. The fraction of sp³-hybridized carbons (Fsp3) is 0.438. The van der Waals surface area contributed by atoms with E-state index in [-0.39, 0.29) is 5.91 Å². The molecule has 1 saturated heterocycles. The molecule has 1 aromatic carbocycles. The second kappa shape index (κ2) is 8.31. The topological polar surface area (TPSA) is 61.4 Å². The van der Waals surface area contributed by atoms with E-state index in [0.717, 1.165) is 43.3 Å². The van der Waals surface area contributed by atoms with Crippen LogP contribution in [0.3, 0.4) is 0 Å². The van der Waals surface area contributed by atoms with Crippen LogP contribution in [0, 0.1) is 0 Å². The van der Waals surface area contributed by atoms with Gasteiger partial charge in [-0.15, -0.1) is 10.2 Å². The van der Waals surface area contributed by atoms with E-state index in [1.54, 1.807) is 0 Å². The summed E-state index contributed by atoms with van der Waals surface area (Å²) in [5, 5.41) is 13.4. The first-order valence-electron chi connectivity index (χ1n) is 8.09. The molecule has 134 valence electrons. The monoisotopic (exact) mass is 399 g/mol. The highest BCUT2D eigenvalue weighted by atomic mass is 35.5. The first-order valence-corrected chi connectivity index (χ1v) is 9.67. The number of benzene rings is 1. The molecule has 1 amide bonds. The molecule has 0 atom stereocenters. The largest absolute Gasteiger partial charge is 0.369 e. The number of nitrogens with zero attached hydrogens (tertiary/aromatic N) is 4. The minimum absolute atomic E-state index is 0.0539. The number of halogens is 2. The summed E-state index contributed by atoms with van der Waals surface area (Å²) in [6.45, 7) is 5.66. The van der Waals surface area contributed by atoms with Gasteiger partial charge in [0.25, 0.3) is 0 Å². The Kier molecular flexibility index (Phi) is 6.11. The number of hydrogen-bond acceptors (Lipinski definition) is 6. The van der Waals surface area contributed by atoms with Gasteiger partial charge in [-0.2, -0.15) is 0 Å². The Morgan fingerprint density at radius 2 is 1.96 bits per heavy atom. The maximum Gasteiger partial charge on any atom is 0.240 e. The first kappa shape index (κ1) is 18.4. The molecule has 0 radical (unpaired) electrons. The summed E-state index contributed by atoms with van der Waals surface area (Å²) in [6, 6.07) is 5.66. The molecular weight excluding hydrogens is 381 g/mol. The summed E-state index contributed by atoms with van der Waals surface area (Å²) in [6.07, 6.45) is 0.824. The van der Waals surface area contributed by atoms with E-state index in [1.807, 2.05) is 25.1 Å². The van der Waals surface area contributed by atoms with Gasteiger partial charge >= 0.3 is 0 Å². The van der Waals surface area contributed by atoms with Crippen LogP contribution in [0.4, 0.5) is 10.8 Å². The van der Waals surface area contributed by atoms with Crippen LogP contribution in [-0.2, 0) is 11.2 Å². The van der Waals surface area contributed by atoms with Gasteiger partial charge in [0.1, 0.15) is 5.01 Å². The van der Waals surface area contributed by atoms with Gasteiger partial charge in [-0.1, -0.05) is 41.5 Å². The lowest BCUT2D eigenvalue weighted by Crippen LogP contribution is -2.48. The minimum Gasteiger partial charge on any atom is -0.369 e. The predicted octanol–water partition coefficient (Wildman–Crippen LogP) is 3.17. The molecule has 1 fully saturated rings. The van der Waals surface area contributed by atoms with Crippen LogP contribution in [0.1, 0.15) is 11.9 Å². The van der Waals surface area contributed by atoms with Gasteiger partial charge in [0.15, 0.2) is 0 Å². The van der Waals surface area contributed by atoms with Gasteiger partial charge < -0.3 is 4.90 Å². The van der Waals surface area contributed by atoms with Crippen LogP contribution in [0.5, 0.6) is 0 Å². The smallest absolute Gasteiger partial charge is 0.240 e. The Labute approximate surface area is 160 Å². The van der Waals surface area contributed by atoms with Gasteiger partial charge in [0.2, 0.25) is 11.0 Å². The number of amides is 1. The lowest BCUT2D eigenvalue weighted by molar-refractivity contribution is -0.117. The number of carbonyl (C=O) groups excluding carboxylic acids is 1. The van der Waals surface area contributed by atoms with Crippen LogP contribution in [-0.4, -0.2) is 53.7 Å². The quantitative estimate of drug-likeness (QED) is 0.836. The lowest BCUT2D eigenvalue weighted by Gasteiger charge is -2.35. The molecule has 0 unspecified atom stereocenters. The Bertz CT molecular complexity index is 746. The van der Waals surface area contributed by atoms with Crippen molar-refractivity contribution < 1.29 is 4.79 Å². The van der Waals surface area contributed by atoms with E-state index in [1.165, 1.54) is 11.3 Å². The summed E-state index contributed by atoms with van der Waals surface area (Å²) in [7, 11) is 0. The van der Waals surface area contributed by atoms with Gasteiger partial charge in [0, 0.05) is 31.9 Å². The van der Waals surface area contributed by atoms with Crippen LogP contribution < -0.4 is 10.2 Å². The van der Waals surface area contributed by atoms with Crippen molar-refractivity contribution in [2.45, 2.75) is 13.3 Å². The zero-order valence-electron chi connectivity index (χ0n) is 13.8. The summed E-state index contributed by atoms with van der Waals surface area (Å²) in [4.78, 5) is 16.5. The third-order valence-electron chi connectivity index (χ3n) is 4.02. The molecule has 2 aromatic rings. The second-order valence-corrected chi connectivity index (χ2v) is 7.64. The molecule has 9 heteroatoms. The molecule has 1 aliphatic heterocycles. The van der Waals surface area contributed by atoms with E-state index in [2.05, 4.69) is 25.3 Å². The molecule has 3 rings (SSSR count). The van der Waals surface area contributed by atoms with Gasteiger partial charge in [-0.3, -0.25) is 15.0 Å². The number of anilines is 2. The van der Waals surface area contributed by atoms with Crippen molar-refractivity contribution in [3.63, 3.8) is 0 Å². The van der Waals surface area contributed by atoms with E-state index in [4.69, 9.17) is 23.2 Å². The summed E-state index contributed by atoms with van der Waals surface area (Å²) >= 11 is 13.5. The number of nitrogens with one attached hydrogen (secondary N) is 1. The van der Waals surface area contributed by atoms with Gasteiger partial charge in [0.05, 0.1) is 16.6 Å². The average Bonchev–Trinajstić information content (AvgIpc) is 3.05. The van der Waals surface area contributed by atoms with Crippen LogP contribution in [0.15, 0.2) is 18.2 Å². The maximum absolute atomic E-state index is 12.2. The summed E-state index contributed by atoms with van der Waals surface area (Å²) < 4.78 is 0. The Balaban J connectivity index is 1.48. The summed E-state index contributed by atoms with van der Waals surface area (Å²) in [5.74, 6) is -0.0539. The molecule has 1 aliphatic rings. The van der Waals surface area contributed by atoms with Crippen molar-refractivity contribution in [3.8, 4) is 0 Å². The highest BCUT2D eigenvalue weighted by Crippen LogP contribution is 2.27. The van der Waals surface area contributed by atoms with Crippen molar-refractivity contribution >= 4 is 51.3 Å². The standard InChI is InChI=1S/C16H19Cl2N5OS/c1-2-15-20-21-16(25-15)19-14(24)10-22-5-7-23(8-6-22)11-3-4-12(17)13(18)9-11/h3-4,9H,2,5-8,10H2,1H3,(H,19,21,24). The Morgan fingerprint density at radius 1 is 1.20 bits per heavy atom. The predicted molar refractivity (Wildman–Crippen MR) is 103 cm³/mol. The molecule has 1 aromatic heterocycles. The lowest BCUT2D eigenvalue weighted by atomic mass is 10.2. The number of piperazine rings is 1. The van der Waals surface area contributed by atoms with Crippen molar-refractivity contribution in [1.29, 1.82) is 0 Å². The van der Waals surface area contributed by atoms with E-state index < -0.39 is 0 Å². The van der Waals surface area contributed by atoms with Crippen LogP contribution in [0.2, 0.25) is 10.0 Å². The molecule has 2 heterocycles. The number of carbonyl (C=O) groups is 1. The SMILES string of the molecule is CCc1nnc(NC(=O)CN2CCN(c3ccc(Cl)c(Cl)c3)CC2)s1. The van der Waals surface area contributed by atoms with E-state index >= 15 is 0 Å².